The Kier molecular flexibility index (Phi) is 3.38. The average Bonchev–Trinajstić information content (AvgIpc) is 2.60. The van der Waals surface area contributed by atoms with Crippen LogP contribution < -0.4 is 4.90 Å². The highest BCUT2D eigenvalue weighted by Gasteiger charge is 2.47. The van der Waals surface area contributed by atoms with Gasteiger partial charge in [0.15, 0.2) is 0 Å². The molecule has 106 valence electrons. The van der Waals surface area contributed by atoms with E-state index in [1.54, 1.807) is 23.1 Å². The SMILES string of the molecule is CC1CCN2C(=O)N(c3cc(Cl)cc(Cl)c3)C(=O)C2C1. The predicted molar refractivity (Wildman–Crippen MR) is 78.2 cm³/mol. The lowest BCUT2D eigenvalue weighted by atomic mass is 9.93. The van der Waals surface area contributed by atoms with Crippen molar-refractivity contribution in [2.75, 3.05) is 11.4 Å². The molecule has 2 fully saturated rings. The second kappa shape index (κ2) is 4.93. The van der Waals surface area contributed by atoms with Crippen molar-refractivity contribution >= 4 is 40.8 Å². The van der Waals surface area contributed by atoms with Crippen LogP contribution in [-0.2, 0) is 4.79 Å². The highest BCUT2D eigenvalue weighted by Crippen LogP contribution is 2.34. The summed E-state index contributed by atoms with van der Waals surface area (Å²) in [6.07, 6.45) is 1.65. The Morgan fingerprint density at radius 3 is 2.45 bits per heavy atom. The molecule has 0 saturated carbocycles. The number of hydrogen-bond donors (Lipinski definition) is 0. The first-order chi connectivity index (χ1) is 9.47. The first-order valence-corrected chi connectivity index (χ1v) is 7.33. The van der Waals surface area contributed by atoms with Crippen molar-refractivity contribution in [3.8, 4) is 0 Å². The molecule has 2 aliphatic rings. The van der Waals surface area contributed by atoms with Gasteiger partial charge in [0.05, 0.1) is 5.69 Å². The van der Waals surface area contributed by atoms with Crippen molar-refractivity contribution in [1.29, 1.82) is 0 Å². The van der Waals surface area contributed by atoms with Crippen LogP contribution in [0.5, 0.6) is 0 Å². The maximum atomic E-state index is 12.5. The fourth-order valence-electron chi connectivity index (χ4n) is 2.88. The standard InChI is InChI=1S/C14H14Cl2N2O2/c1-8-2-3-17-12(4-8)13(19)18(14(17)20)11-6-9(15)5-10(16)7-11/h5-8,12H,2-4H2,1H3. The highest BCUT2D eigenvalue weighted by molar-refractivity contribution is 6.35. The lowest BCUT2D eigenvalue weighted by Gasteiger charge is -2.30. The number of carbonyl (C=O) groups excluding carboxylic acids is 2. The van der Waals surface area contributed by atoms with Gasteiger partial charge in [0.1, 0.15) is 6.04 Å². The Morgan fingerprint density at radius 1 is 1.15 bits per heavy atom. The molecule has 0 N–H and O–H groups in total. The van der Waals surface area contributed by atoms with Crippen LogP contribution in [0.1, 0.15) is 19.8 Å². The summed E-state index contributed by atoms with van der Waals surface area (Å²) < 4.78 is 0. The molecule has 2 saturated heterocycles. The molecule has 0 radical (unpaired) electrons. The molecular weight excluding hydrogens is 299 g/mol. The van der Waals surface area contributed by atoms with Gasteiger partial charge in [-0.1, -0.05) is 30.1 Å². The Hall–Kier alpha value is -1.26. The zero-order valence-corrected chi connectivity index (χ0v) is 12.5. The molecule has 6 heteroatoms. The molecule has 2 aliphatic heterocycles. The number of carbonyl (C=O) groups is 2. The van der Waals surface area contributed by atoms with Gasteiger partial charge in [-0.2, -0.15) is 0 Å². The van der Waals surface area contributed by atoms with Crippen molar-refractivity contribution in [2.24, 2.45) is 5.92 Å². The fraction of sp³-hybridized carbons (Fsp3) is 0.429. The van der Waals surface area contributed by atoms with Crippen LogP contribution in [0, 0.1) is 5.92 Å². The van der Waals surface area contributed by atoms with E-state index in [1.165, 1.54) is 4.90 Å². The van der Waals surface area contributed by atoms with E-state index in [-0.39, 0.29) is 18.0 Å². The molecule has 3 rings (SSSR count). The summed E-state index contributed by atoms with van der Waals surface area (Å²) in [5, 5.41) is 0.817. The van der Waals surface area contributed by atoms with E-state index in [1.807, 2.05) is 0 Å². The van der Waals surface area contributed by atoms with Gasteiger partial charge in [0.25, 0.3) is 5.91 Å². The second-order valence-electron chi connectivity index (χ2n) is 5.42. The van der Waals surface area contributed by atoms with Crippen LogP contribution in [0.4, 0.5) is 10.5 Å². The minimum Gasteiger partial charge on any atom is -0.312 e. The van der Waals surface area contributed by atoms with E-state index in [2.05, 4.69) is 6.92 Å². The molecule has 2 unspecified atom stereocenters. The van der Waals surface area contributed by atoms with Crippen LogP contribution in [0.15, 0.2) is 18.2 Å². The minimum atomic E-state index is -0.344. The van der Waals surface area contributed by atoms with Crippen LogP contribution in [0.2, 0.25) is 10.0 Å². The van der Waals surface area contributed by atoms with Crippen molar-refractivity contribution in [3.05, 3.63) is 28.2 Å². The van der Waals surface area contributed by atoms with Gasteiger partial charge >= 0.3 is 6.03 Å². The van der Waals surface area contributed by atoms with Gasteiger partial charge < -0.3 is 4.90 Å². The number of urea groups is 1. The largest absolute Gasteiger partial charge is 0.332 e. The Balaban J connectivity index is 1.98. The van der Waals surface area contributed by atoms with Crippen LogP contribution in [-0.4, -0.2) is 29.4 Å². The number of piperidine rings is 1. The van der Waals surface area contributed by atoms with Gasteiger partial charge in [-0.25, -0.2) is 9.69 Å². The highest BCUT2D eigenvalue weighted by atomic mass is 35.5. The monoisotopic (exact) mass is 312 g/mol. The van der Waals surface area contributed by atoms with Crippen LogP contribution in [0.3, 0.4) is 0 Å². The molecule has 0 aliphatic carbocycles. The van der Waals surface area contributed by atoms with Crippen molar-refractivity contribution in [1.82, 2.24) is 4.90 Å². The quantitative estimate of drug-likeness (QED) is 0.744. The van der Waals surface area contributed by atoms with Gasteiger partial charge in [0.2, 0.25) is 0 Å². The summed E-state index contributed by atoms with van der Waals surface area (Å²) in [5.41, 5.74) is 0.444. The zero-order chi connectivity index (χ0) is 14.4. The molecule has 4 nitrogen and oxygen atoms in total. The third kappa shape index (κ3) is 2.17. The van der Waals surface area contributed by atoms with Crippen LogP contribution >= 0.6 is 23.2 Å². The molecule has 1 aromatic rings. The first kappa shape index (κ1) is 13.7. The average molecular weight is 313 g/mol. The molecule has 0 aromatic heterocycles. The maximum absolute atomic E-state index is 12.5. The lowest BCUT2D eigenvalue weighted by molar-refractivity contribution is -0.120. The molecule has 0 spiro atoms. The molecule has 3 amide bonds. The van der Waals surface area contributed by atoms with E-state index >= 15 is 0 Å². The number of nitrogens with zero attached hydrogens (tertiary/aromatic N) is 2. The molecular formula is C14H14Cl2N2O2. The third-order valence-corrected chi connectivity index (χ3v) is 4.35. The number of benzene rings is 1. The smallest absolute Gasteiger partial charge is 0.312 e. The van der Waals surface area contributed by atoms with Gasteiger partial charge in [0, 0.05) is 16.6 Å². The fourth-order valence-corrected chi connectivity index (χ4v) is 3.40. The molecule has 0 bridgehead atoms. The second-order valence-corrected chi connectivity index (χ2v) is 6.30. The van der Waals surface area contributed by atoms with E-state index in [0.29, 0.717) is 28.2 Å². The Morgan fingerprint density at radius 2 is 1.80 bits per heavy atom. The lowest BCUT2D eigenvalue weighted by Crippen LogP contribution is -2.41. The number of anilines is 1. The summed E-state index contributed by atoms with van der Waals surface area (Å²) >= 11 is 11.9. The van der Waals surface area contributed by atoms with E-state index in [4.69, 9.17) is 23.2 Å². The molecule has 20 heavy (non-hydrogen) atoms. The first-order valence-electron chi connectivity index (χ1n) is 6.58. The number of halogens is 2. The van der Waals surface area contributed by atoms with E-state index in [9.17, 15) is 9.59 Å². The normalized spacial score (nSPS) is 26.1. The Bertz CT molecular complexity index is 570. The van der Waals surface area contributed by atoms with Crippen molar-refractivity contribution < 1.29 is 9.59 Å². The zero-order valence-electron chi connectivity index (χ0n) is 11.0. The van der Waals surface area contributed by atoms with E-state index < -0.39 is 0 Å². The number of hydrogen-bond acceptors (Lipinski definition) is 2. The Labute approximate surface area is 127 Å². The predicted octanol–water partition coefficient (Wildman–Crippen LogP) is 3.56. The summed E-state index contributed by atoms with van der Waals surface area (Å²) in [6.45, 7) is 2.73. The topological polar surface area (TPSA) is 40.6 Å². The summed E-state index contributed by atoms with van der Waals surface area (Å²) in [6, 6.07) is 4.14. The van der Waals surface area contributed by atoms with Crippen molar-refractivity contribution in [2.45, 2.75) is 25.8 Å². The maximum Gasteiger partial charge on any atom is 0.332 e. The number of rotatable bonds is 1. The molecule has 2 atom stereocenters. The van der Waals surface area contributed by atoms with Gasteiger partial charge in [-0.15, -0.1) is 0 Å². The number of fused-ring (bicyclic) bond motifs is 1. The summed E-state index contributed by atoms with van der Waals surface area (Å²) in [5.74, 6) is 0.274. The molecule has 1 aromatic carbocycles. The number of imide groups is 1. The molecule has 2 heterocycles. The van der Waals surface area contributed by atoms with Crippen molar-refractivity contribution in [3.63, 3.8) is 0 Å². The van der Waals surface area contributed by atoms with E-state index in [0.717, 1.165) is 12.8 Å². The number of amides is 3. The summed E-state index contributed by atoms with van der Waals surface area (Å²) in [4.78, 5) is 27.8. The van der Waals surface area contributed by atoms with Gasteiger partial charge in [-0.05, 0) is 37.0 Å². The van der Waals surface area contributed by atoms with Crippen LogP contribution in [0.25, 0.3) is 0 Å². The third-order valence-electron chi connectivity index (χ3n) is 3.91. The summed E-state index contributed by atoms with van der Waals surface area (Å²) in [7, 11) is 0. The minimum absolute atomic E-state index is 0.181. The van der Waals surface area contributed by atoms with Gasteiger partial charge in [-0.3, -0.25) is 4.79 Å².